The molecule has 1 heterocycles. The van der Waals surface area contributed by atoms with Gasteiger partial charge in [-0.3, -0.25) is 9.59 Å². The molecule has 0 aliphatic carbocycles. The highest BCUT2D eigenvalue weighted by Crippen LogP contribution is 2.34. The number of aliphatic carboxylic acids is 1. The van der Waals surface area contributed by atoms with E-state index in [0.717, 1.165) is 5.56 Å². The summed E-state index contributed by atoms with van der Waals surface area (Å²) in [5, 5.41) is 9.25. The van der Waals surface area contributed by atoms with Crippen molar-refractivity contribution in [2.45, 2.75) is 13.8 Å². The highest BCUT2D eigenvalue weighted by molar-refractivity contribution is 6.13. The van der Waals surface area contributed by atoms with Gasteiger partial charge in [0.25, 0.3) is 0 Å². The van der Waals surface area contributed by atoms with Crippen LogP contribution in [0.1, 0.15) is 21.5 Å². The maximum Gasteiger partial charge on any atom is 0.322 e. The highest BCUT2D eigenvalue weighted by Gasteiger charge is 2.53. The van der Waals surface area contributed by atoms with Crippen LogP contribution in [0, 0.1) is 19.3 Å². The second kappa shape index (κ2) is 4.66. The average molecular weight is 264 g/mol. The quantitative estimate of drug-likeness (QED) is 0.660. The number of ether oxygens (including phenoxy) is 2. The SMILES string of the molecule is COc1cc(C)c(C(=O)C2(C(=O)O)COC2)cc1C. The van der Waals surface area contributed by atoms with Gasteiger partial charge in [0.1, 0.15) is 5.75 Å². The molecule has 0 saturated carbocycles. The maximum absolute atomic E-state index is 12.5. The van der Waals surface area contributed by atoms with Crippen LogP contribution < -0.4 is 4.74 Å². The summed E-state index contributed by atoms with van der Waals surface area (Å²) in [6.07, 6.45) is 0. The van der Waals surface area contributed by atoms with E-state index >= 15 is 0 Å². The molecule has 19 heavy (non-hydrogen) atoms. The number of carboxylic acid groups (broad SMARTS) is 1. The normalized spacial score (nSPS) is 16.6. The number of carbonyl (C=O) groups excluding carboxylic acids is 1. The number of ketones is 1. The fraction of sp³-hybridized carbons (Fsp3) is 0.429. The van der Waals surface area contributed by atoms with Crippen LogP contribution in [0.3, 0.4) is 0 Å². The molecule has 1 fully saturated rings. The van der Waals surface area contributed by atoms with E-state index in [2.05, 4.69) is 0 Å². The lowest BCUT2D eigenvalue weighted by Gasteiger charge is -2.36. The number of rotatable bonds is 4. The van der Waals surface area contributed by atoms with E-state index in [-0.39, 0.29) is 13.2 Å². The molecule has 1 aromatic carbocycles. The van der Waals surface area contributed by atoms with Gasteiger partial charge in [0.05, 0.1) is 20.3 Å². The Morgan fingerprint density at radius 3 is 2.32 bits per heavy atom. The molecule has 0 aromatic heterocycles. The zero-order chi connectivity index (χ0) is 14.2. The second-order valence-electron chi connectivity index (χ2n) is 4.85. The maximum atomic E-state index is 12.5. The highest BCUT2D eigenvalue weighted by atomic mass is 16.5. The summed E-state index contributed by atoms with van der Waals surface area (Å²) in [4.78, 5) is 23.8. The summed E-state index contributed by atoms with van der Waals surface area (Å²) in [5.74, 6) is -0.839. The van der Waals surface area contributed by atoms with Gasteiger partial charge in [-0.15, -0.1) is 0 Å². The summed E-state index contributed by atoms with van der Waals surface area (Å²) in [6.45, 7) is 3.46. The summed E-state index contributed by atoms with van der Waals surface area (Å²) in [7, 11) is 1.56. The van der Waals surface area contributed by atoms with Crippen LogP contribution >= 0.6 is 0 Å². The summed E-state index contributed by atoms with van der Waals surface area (Å²) < 4.78 is 10.1. The Morgan fingerprint density at radius 1 is 1.26 bits per heavy atom. The number of carbonyl (C=O) groups is 2. The van der Waals surface area contributed by atoms with E-state index in [1.807, 2.05) is 6.92 Å². The van der Waals surface area contributed by atoms with Crippen molar-refractivity contribution in [1.82, 2.24) is 0 Å². The smallest absolute Gasteiger partial charge is 0.322 e. The van der Waals surface area contributed by atoms with Gasteiger partial charge in [-0.1, -0.05) is 0 Å². The average Bonchev–Trinajstić information content (AvgIpc) is 2.29. The van der Waals surface area contributed by atoms with Gasteiger partial charge in [-0.2, -0.15) is 0 Å². The van der Waals surface area contributed by atoms with Crippen molar-refractivity contribution >= 4 is 11.8 Å². The molecule has 1 aromatic rings. The van der Waals surface area contributed by atoms with Gasteiger partial charge in [-0.25, -0.2) is 0 Å². The summed E-state index contributed by atoms with van der Waals surface area (Å²) in [5.41, 5.74) is 0.507. The topological polar surface area (TPSA) is 72.8 Å². The predicted molar refractivity (Wildman–Crippen MR) is 67.7 cm³/mol. The Balaban J connectivity index is 2.45. The number of benzene rings is 1. The zero-order valence-electron chi connectivity index (χ0n) is 11.1. The van der Waals surface area contributed by atoms with Gasteiger partial charge in [0, 0.05) is 5.56 Å². The van der Waals surface area contributed by atoms with Crippen molar-refractivity contribution in [2.75, 3.05) is 20.3 Å². The van der Waals surface area contributed by atoms with Gasteiger partial charge in [-0.05, 0) is 37.1 Å². The Morgan fingerprint density at radius 2 is 1.89 bits per heavy atom. The third-order valence-electron chi connectivity index (χ3n) is 3.53. The minimum atomic E-state index is -1.42. The first-order valence-corrected chi connectivity index (χ1v) is 5.93. The molecule has 0 radical (unpaired) electrons. The van der Waals surface area contributed by atoms with E-state index in [4.69, 9.17) is 9.47 Å². The molecule has 1 aliphatic rings. The molecule has 0 unspecified atom stereocenters. The van der Waals surface area contributed by atoms with Crippen molar-refractivity contribution in [3.05, 3.63) is 28.8 Å². The van der Waals surface area contributed by atoms with Crippen molar-refractivity contribution in [1.29, 1.82) is 0 Å². The minimum Gasteiger partial charge on any atom is -0.496 e. The van der Waals surface area contributed by atoms with Crippen molar-refractivity contribution < 1.29 is 24.2 Å². The third-order valence-corrected chi connectivity index (χ3v) is 3.53. The lowest BCUT2D eigenvalue weighted by Crippen LogP contribution is -2.55. The number of Topliss-reactive ketones (excluding diaryl/α,β-unsaturated/α-hetero) is 1. The Labute approximate surface area is 111 Å². The van der Waals surface area contributed by atoms with E-state index in [0.29, 0.717) is 16.9 Å². The number of hydrogen-bond donors (Lipinski definition) is 1. The number of methoxy groups -OCH3 is 1. The molecule has 0 bridgehead atoms. The van der Waals surface area contributed by atoms with Crippen LogP contribution in [0.4, 0.5) is 0 Å². The van der Waals surface area contributed by atoms with E-state index in [1.54, 1.807) is 26.2 Å². The van der Waals surface area contributed by atoms with Crippen LogP contribution in [0.5, 0.6) is 5.75 Å². The van der Waals surface area contributed by atoms with E-state index < -0.39 is 17.2 Å². The first-order valence-electron chi connectivity index (χ1n) is 5.93. The lowest BCUT2D eigenvalue weighted by atomic mass is 9.77. The molecule has 1 aliphatic heterocycles. The third kappa shape index (κ3) is 2.00. The molecule has 5 heteroatoms. The molecule has 0 amide bonds. The van der Waals surface area contributed by atoms with Crippen LogP contribution in [0.15, 0.2) is 12.1 Å². The fourth-order valence-corrected chi connectivity index (χ4v) is 2.17. The summed E-state index contributed by atoms with van der Waals surface area (Å²) >= 11 is 0. The van der Waals surface area contributed by atoms with Crippen LogP contribution in [-0.4, -0.2) is 37.2 Å². The van der Waals surface area contributed by atoms with E-state index in [9.17, 15) is 14.7 Å². The largest absolute Gasteiger partial charge is 0.496 e. The monoisotopic (exact) mass is 264 g/mol. The van der Waals surface area contributed by atoms with Crippen molar-refractivity contribution in [3.63, 3.8) is 0 Å². The van der Waals surface area contributed by atoms with E-state index in [1.165, 1.54) is 0 Å². The molecule has 1 saturated heterocycles. The second-order valence-corrected chi connectivity index (χ2v) is 4.85. The predicted octanol–water partition coefficient (Wildman–Crippen LogP) is 1.60. The molecule has 0 atom stereocenters. The van der Waals surface area contributed by atoms with Gasteiger partial charge in [0.2, 0.25) is 0 Å². The molecular weight excluding hydrogens is 248 g/mol. The van der Waals surface area contributed by atoms with Crippen molar-refractivity contribution in [2.24, 2.45) is 5.41 Å². The number of aryl methyl sites for hydroxylation is 2. The molecule has 102 valence electrons. The zero-order valence-corrected chi connectivity index (χ0v) is 11.1. The Kier molecular flexibility index (Phi) is 3.32. The molecule has 1 N–H and O–H groups in total. The van der Waals surface area contributed by atoms with Crippen LogP contribution in [0.25, 0.3) is 0 Å². The van der Waals surface area contributed by atoms with Gasteiger partial charge >= 0.3 is 5.97 Å². The minimum absolute atomic E-state index is 0.0638. The molecule has 0 spiro atoms. The van der Waals surface area contributed by atoms with Gasteiger partial charge < -0.3 is 14.6 Å². The van der Waals surface area contributed by atoms with Crippen molar-refractivity contribution in [3.8, 4) is 5.75 Å². The Bertz CT molecular complexity index is 543. The standard InChI is InChI=1S/C14H16O5/c1-8-5-11(18-3)9(2)4-10(8)12(15)14(13(16)17)6-19-7-14/h4-5H,6-7H2,1-3H3,(H,16,17). The molecule has 5 nitrogen and oxygen atoms in total. The lowest BCUT2D eigenvalue weighted by molar-refractivity contribution is -0.169. The number of carboxylic acids is 1. The molecular formula is C14H16O5. The first kappa shape index (κ1) is 13.5. The molecule has 2 rings (SSSR count). The number of hydrogen-bond acceptors (Lipinski definition) is 4. The van der Waals surface area contributed by atoms with Crippen LogP contribution in [0.2, 0.25) is 0 Å². The van der Waals surface area contributed by atoms with Gasteiger partial charge in [0.15, 0.2) is 11.2 Å². The van der Waals surface area contributed by atoms with Crippen LogP contribution in [-0.2, 0) is 9.53 Å². The first-order chi connectivity index (χ1) is 8.92. The Hall–Kier alpha value is -1.88. The summed E-state index contributed by atoms with van der Waals surface area (Å²) in [6, 6.07) is 3.43. The fourth-order valence-electron chi connectivity index (χ4n) is 2.17.